The number of hydrogen-bond donors (Lipinski definition) is 1. The zero-order valence-electron chi connectivity index (χ0n) is 12.5. The van der Waals surface area contributed by atoms with E-state index in [1.54, 1.807) is 24.7 Å². The first-order valence-electron chi connectivity index (χ1n) is 7.19. The van der Waals surface area contributed by atoms with Gasteiger partial charge in [-0.2, -0.15) is 0 Å². The van der Waals surface area contributed by atoms with E-state index in [1.165, 1.54) is 0 Å². The van der Waals surface area contributed by atoms with Gasteiger partial charge in [0.1, 0.15) is 11.4 Å². The van der Waals surface area contributed by atoms with Crippen LogP contribution in [0.5, 0.6) is 5.75 Å². The molecule has 0 fully saturated rings. The lowest BCUT2D eigenvalue weighted by atomic mass is 10.1. The highest BCUT2D eigenvalue weighted by Crippen LogP contribution is 2.33. The largest absolute Gasteiger partial charge is 0.497 e. The molecular formula is C17H15N3O2S. The number of rotatable bonds is 4. The summed E-state index contributed by atoms with van der Waals surface area (Å²) in [6.07, 6.45) is 1.67. The van der Waals surface area contributed by atoms with Gasteiger partial charge in [0.25, 0.3) is 0 Å². The number of furan rings is 1. The van der Waals surface area contributed by atoms with Crippen LogP contribution in [-0.2, 0) is 6.54 Å². The lowest BCUT2D eigenvalue weighted by Crippen LogP contribution is -2.03. The van der Waals surface area contributed by atoms with E-state index in [9.17, 15) is 0 Å². The van der Waals surface area contributed by atoms with Crippen LogP contribution in [0.3, 0.4) is 0 Å². The molecule has 0 saturated heterocycles. The monoisotopic (exact) mass is 325 g/mol. The first-order valence-corrected chi connectivity index (χ1v) is 8.07. The maximum atomic E-state index is 6.03. The van der Waals surface area contributed by atoms with Crippen LogP contribution in [0.4, 0.5) is 0 Å². The zero-order chi connectivity index (χ0) is 15.8. The molecule has 0 atom stereocenters. The van der Waals surface area contributed by atoms with Gasteiger partial charge in [-0.1, -0.05) is 12.1 Å². The molecule has 0 radical (unpaired) electrons. The van der Waals surface area contributed by atoms with Gasteiger partial charge in [0.2, 0.25) is 0 Å². The molecule has 5 nitrogen and oxygen atoms in total. The summed E-state index contributed by atoms with van der Waals surface area (Å²) in [6, 6.07) is 11.7. The lowest BCUT2D eigenvalue weighted by Gasteiger charge is -2.05. The van der Waals surface area contributed by atoms with Crippen LogP contribution in [0.15, 0.2) is 52.5 Å². The highest BCUT2D eigenvalue weighted by atomic mass is 32.1. The van der Waals surface area contributed by atoms with Crippen molar-refractivity contribution in [2.24, 2.45) is 5.73 Å². The molecule has 0 aliphatic carbocycles. The minimum absolute atomic E-state index is 0.387. The average molecular weight is 325 g/mol. The maximum Gasteiger partial charge on any atom is 0.195 e. The normalized spacial score (nSPS) is 11.2. The van der Waals surface area contributed by atoms with Crippen LogP contribution in [0.25, 0.3) is 27.7 Å². The summed E-state index contributed by atoms with van der Waals surface area (Å²) < 4.78 is 12.9. The first-order chi connectivity index (χ1) is 11.3. The van der Waals surface area contributed by atoms with E-state index in [0.717, 1.165) is 39.1 Å². The summed E-state index contributed by atoms with van der Waals surface area (Å²) in [4.78, 5) is 5.66. The molecule has 1 aromatic carbocycles. The topological polar surface area (TPSA) is 65.7 Å². The molecule has 0 saturated carbocycles. The fourth-order valence-electron chi connectivity index (χ4n) is 2.70. The molecule has 0 aliphatic heterocycles. The third-order valence-corrected chi connectivity index (χ3v) is 4.59. The fraction of sp³-hybridized carbons (Fsp3) is 0.118. The van der Waals surface area contributed by atoms with Crippen LogP contribution in [0, 0.1) is 0 Å². The summed E-state index contributed by atoms with van der Waals surface area (Å²) in [5.41, 5.74) is 9.83. The molecular weight excluding hydrogens is 310 g/mol. The van der Waals surface area contributed by atoms with Crippen LogP contribution in [-0.4, -0.2) is 16.5 Å². The molecule has 6 heteroatoms. The molecule has 0 unspecified atom stereocenters. The van der Waals surface area contributed by atoms with Gasteiger partial charge in [-0.25, -0.2) is 4.98 Å². The van der Waals surface area contributed by atoms with Gasteiger partial charge in [-0.15, -0.1) is 11.3 Å². The summed E-state index contributed by atoms with van der Waals surface area (Å²) in [5, 5.41) is 2.04. The van der Waals surface area contributed by atoms with Gasteiger partial charge >= 0.3 is 0 Å². The highest BCUT2D eigenvalue weighted by Gasteiger charge is 2.19. The van der Waals surface area contributed by atoms with Gasteiger partial charge in [-0.05, 0) is 24.3 Å². The van der Waals surface area contributed by atoms with E-state index >= 15 is 0 Å². The van der Waals surface area contributed by atoms with Crippen molar-refractivity contribution in [3.8, 4) is 28.5 Å². The van der Waals surface area contributed by atoms with Crippen molar-refractivity contribution in [2.45, 2.75) is 6.54 Å². The number of nitrogens with zero attached hydrogens (tertiary/aromatic N) is 2. The molecule has 4 rings (SSSR count). The van der Waals surface area contributed by atoms with Crippen molar-refractivity contribution >= 4 is 16.3 Å². The van der Waals surface area contributed by atoms with Crippen molar-refractivity contribution in [2.75, 3.05) is 7.11 Å². The summed E-state index contributed by atoms with van der Waals surface area (Å²) in [7, 11) is 1.66. The van der Waals surface area contributed by atoms with Crippen LogP contribution in [0.2, 0.25) is 0 Å². The molecule has 3 heterocycles. The average Bonchev–Trinajstić information content (AvgIpc) is 3.30. The number of aromatic nitrogens is 2. The number of benzene rings is 1. The predicted molar refractivity (Wildman–Crippen MR) is 90.7 cm³/mol. The Bertz CT molecular complexity index is 954. The smallest absolute Gasteiger partial charge is 0.195 e. The number of ether oxygens (including phenoxy) is 1. The van der Waals surface area contributed by atoms with Crippen LogP contribution >= 0.6 is 11.3 Å². The van der Waals surface area contributed by atoms with Gasteiger partial charge < -0.3 is 14.9 Å². The van der Waals surface area contributed by atoms with E-state index in [4.69, 9.17) is 19.9 Å². The maximum absolute atomic E-state index is 6.03. The van der Waals surface area contributed by atoms with Gasteiger partial charge in [-0.3, -0.25) is 4.40 Å². The predicted octanol–water partition coefficient (Wildman–Crippen LogP) is 3.79. The van der Waals surface area contributed by atoms with Gasteiger partial charge in [0, 0.05) is 17.5 Å². The Kier molecular flexibility index (Phi) is 3.40. The first kappa shape index (κ1) is 14.0. The number of methoxy groups -OCH3 is 1. The molecule has 0 amide bonds. The summed E-state index contributed by atoms with van der Waals surface area (Å²) in [5.74, 6) is 1.61. The highest BCUT2D eigenvalue weighted by molar-refractivity contribution is 7.15. The Balaban J connectivity index is 1.94. The number of hydrogen-bond acceptors (Lipinski definition) is 5. The summed E-state index contributed by atoms with van der Waals surface area (Å²) >= 11 is 1.57. The van der Waals surface area contributed by atoms with Crippen LogP contribution in [0.1, 0.15) is 5.69 Å². The Morgan fingerprint density at radius 3 is 2.96 bits per heavy atom. The molecule has 23 heavy (non-hydrogen) atoms. The Morgan fingerprint density at radius 2 is 2.22 bits per heavy atom. The van der Waals surface area contributed by atoms with Gasteiger partial charge in [0.05, 0.1) is 24.8 Å². The standard InChI is InChI=1S/C17H15N3O2S/c1-21-12-5-2-4-11(8-12)16-13(9-18)20-14(10-23-17(20)19-16)15-6-3-7-22-15/h2-8,10H,9,18H2,1H3. The van der Waals surface area contributed by atoms with E-state index < -0.39 is 0 Å². The quantitative estimate of drug-likeness (QED) is 0.620. The van der Waals surface area contributed by atoms with Crippen LogP contribution < -0.4 is 10.5 Å². The van der Waals surface area contributed by atoms with E-state index in [2.05, 4.69) is 4.40 Å². The SMILES string of the molecule is COc1cccc(-c2nc3scc(-c4ccco4)n3c2CN)c1. The minimum atomic E-state index is 0.387. The molecule has 0 aliphatic rings. The number of nitrogens with two attached hydrogens (primary N) is 1. The molecule has 4 aromatic rings. The van der Waals surface area contributed by atoms with Gasteiger partial charge in [0.15, 0.2) is 10.7 Å². The van der Waals surface area contributed by atoms with E-state index in [0.29, 0.717) is 6.54 Å². The Morgan fingerprint density at radius 1 is 1.30 bits per heavy atom. The van der Waals surface area contributed by atoms with Crippen molar-refractivity contribution in [1.29, 1.82) is 0 Å². The fourth-order valence-corrected chi connectivity index (χ4v) is 3.60. The molecule has 0 spiro atoms. The second-order valence-electron chi connectivity index (χ2n) is 5.06. The third-order valence-electron chi connectivity index (χ3n) is 3.77. The van der Waals surface area contributed by atoms with E-state index in [-0.39, 0.29) is 0 Å². The van der Waals surface area contributed by atoms with Crippen molar-refractivity contribution < 1.29 is 9.15 Å². The number of fused-ring (bicyclic) bond motifs is 1. The number of thiazole rings is 1. The van der Waals surface area contributed by atoms with E-state index in [1.807, 2.05) is 41.8 Å². The second-order valence-corrected chi connectivity index (χ2v) is 5.90. The molecule has 0 bridgehead atoms. The molecule has 2 N–H and O–H groups in total. The molecule has 116 valence electrons. The Labute approximate surface area is 137 Å². The van der Waals surface area contributed by atoms with Crippen molar-refractivity contribution in [1.82, 2.24) is 9.38 Å². The minimum Gasteiger partial charge on any atom is -0.497 e. The molecule has 3 aromatic heterocycles. The van der Waals surface area contributed by atoms with Crippen molar-refractivity contribution in [3.05, 3.63) is 53.7 Å². The number of imidazole rings is 1. The lowest BCUT2D eigenvalue weighted by molar-refractivity contribution is 0.415. The third kappa shape index (κ3) is 2.23. The Hall–Kier alpha value is -2.57. The second kappa shape index (κ2) is 5.57. The zero-order valence-corrected chi connectivity index (χ0v) is 13.3. The summed E-state index contributed by atoms with van der Waals surface area (Å²) in [6.45, 7) is 0.387. The van der Waals surface area contributed by atoms with Crippen molar-refractivity contribution in [3.63, 3.8) is 0 Å².